The van der Waals surface area contributed by atoms with E-state index in [0.717, 1.165) is 18.8 Å². The maximum Gasteiger partial charge on any atom is 0.236 e. The second kappa shape index (κ2) is 5.14. The summed E-state index contributed by atoms with van der Waals surface area (Å²) in [5.74, 6) is 1.10. The van der Waals surface area contributed by atoms with Crippen LogP contribution in [0.4, 0.5) is 0 Å². The van der Waals surface area contributed by atoms with Crippen LogP contribution in [0.25, 0.3) is 0 Å². The fourth-order valence-corrected chi connectivity index (χ4v) is 3.16. The van der Waals surface area contributed by atoms with Gasteiger partial charge in [-0.1, -0.05) is 0 Å². The number of thioether (sulfide) groups is 1. The molecule has 1 aliphatic rings. The van der Waals surface area contributed by atoms with Gasteiger partial charge < -0.3 is 14.2 Å². The van der Waals surface area contributed by atoms with Crippen LogP contribution < -0.4 is 4.90 Å². The van der Waals surface area contributed by atoms with Gasteiger partial charge >= 0.3 is 0 Å². The van der Waals surface area contributed by atoms with Crippen molar-refractivity contribution in [2.45, 2.75) is 17.5 Å². The van der Waals surface area contributed by atoms with E-state index in [1.54, 1.807) is 18.0 Å². The van der Waals surface area contributed by atoms with Crippen molar-refractivity contribution in [2.75, 3.05) is 27.2 Å². The third kappa shape index (κ3) is 2.66. The number of hydrogen-bond acceptors (Lipinski definition) is 3. The van der Waals surface area contributed by atoms with E-state index in [4.69, 9.17) is 4.42 Å². The van der Waals surface area contributed by atoms with Crippen LogP contribution in [0.3, 0.4) is 0 Å². The van der Waals surface area contributed by atoms with Gasteiger partial charge in [-0.2, -0.15) is 0 Å². The van der Waals surface area contributed by atoms with Crippen molar-refractivity contribution >= 4 is 17.7 Å². The molecule has 0 saturated carbocycles. The highest BCUT2D eigenvalue weighted by Gasteiger charge is 2.39. The molecule has 94 valence electrons. The third-order valence-electron chi connectivity index (χ3n) is 2.89. The number of quaternary nitrogens is 1. The first-order valence-electron chi connectivity index (χ1n) is 5.88. The Balaban J connectivity index is 2.11. The number of nitrogens with one attached hydrogen (secondary N) is 1. The highest BCUT2D eigenvalue weighted by Crippen LogP contribution is 2.42. The molecule has 4 nitrogen and oxygen atoms in total. The molecular formula is C12H19N2O2S+. The minimum Gasteiger partial charge on any atom is -0.466 e. The van der Waals surface area contributed by atoms with Crippen LogP contribution in [0, 0.1) is 0 Å². The molecule has 1 aliphatic heterocycles. The van der Waals surface area contributed by atoms with Crippen molar-refractivity contribution in [3.05, 3.63) is 24.2 Å². The van der Waals surface area contributed by atoms with Gasteiger partial charge in [0, 0.05) is 0 Å². The lowest BCUT2D eigenvalue weighted by Crippen LogP contribution is -3.06. The lowest BCUT2D eigenvalue weighted by Gasteiger charge is -2.22. The highest BCUT2D eigenvalue weighted by atomic mass is 32.2. The SMILES string of the molecule is C[C@@H]1S[C@@H](c2ccco2)N(CC[NH+](C)C)C1=O. The standard InChI is InChI=1S/C12H18N2O2S/c1-9-11(15)14(7-6-13(2)3)12(17-9)10-5-4-8-16-10/h4-5,8-9,12H,6-7H2,1-3H3/p+1/t9-,12-/m0/s1. The highest BCUT2D eigenvalue weighted by molar-refractivity contribution is 8.01. The normalized spacial score (nSPS) is 24.9. The molecule has 1 aromatic rings. The molecule has 2 heterocycles. The zero-order chi connectivity index (χ0) is 12.4. The summed E-state index contributed by atoms with van der Waals surface area (Å²) in [6.45, 7) is 3.70. The van der Waals surface area contributed by atoms with E-state index in [2.05, 4.69) is 14.1 Å². The summed E-state index contributed by atoms with van der Waals surface area (Å²) in [6, 6.07) is 3.82. The molecule has 0 radical (unpaired) electrons. The van der Waals surface area contributed by atoms with E-state index < -0.39 is 0 Å². The predicted molar refractivity (Wildman–Crippen MR) is 67.9 cm³/mol. The smallest absolute Gasteiger partial charge is 0.236 e. The molecule has 0 unspecified atom stereocenters. The molecule has 1 aromatic heterocycles. The molecular weight excluding hydrogens is 236 g/mol. The molecule has 1 saturated heterocycles. The maximum atomic E-state index is 12.1. The summed E-state index contributed by atoms with van der Waals surface area (Å²) < 4.78 is 5.43. The second-order valence-corrected chi connectivity index (χ2v) is 6.06. The number of nitrogens with zero attached hydrogens (tertiary/aromatic N) is 1. The van der Waals surface area contributed by atoms with E-state index in [1.165, 1.54) is 4.90 Å². The van der Waals surface area contributed by atoms with Crippen molar-refractivity contribution in [2.24, 2.45) is 0 Å². The van der Waals surface area contributed by atoms with Gasteiger partial charge in [0.2, 0.25) is 5.91 Å². The minimum atomic E-state index is 0.0299. The number of amides is 1. The van der Waals surface area contributed by atoms with Crippen LogP contribution >= 0.6 is 11.8 Å². The summed E-state index contributed by atoms with van der Waals surface area (Å²) in [5.41, 5.74) is 0. The Morgan fingerprint density at radius 1 is 1.53 bits per heavy atom. The van der Waals surface area contributed by atoms with E-state index in [1.807, 2.05) is 24.0 Å². The number of carbonyl (C=O) groups is 1. The zero-order valence-corrected chi connectivity index (χ0v) is 11.3. The molecule has 5 heteroatoms. The molecule has 0 spiro atoms. The summed E-state index contributed by atoms with van der Waals surface area (Å²) in [5, 5.41) is 0.0779. The van der Waals surface area contributed by atoms with Crippen molar-refractivity contribution < 1.29 is 14.1 Å². The maximum absolute atomic E-state index is 12.1. The first kappa shape index (κ1) is 12.5. The Labute approximate surface area is 106 Å². The van der Waals surface area contributed by atoms with Crippen molar-refractivity contribution in [3.63, 3.8) is 0 Å². The Bertz CT molecular complexity index is 378. The van der Waals surface area contributed by atoms with E-state index in [9.17, 15) is 4.79 Å². The lowest BCUT2D eigenvalue weighted by molar-refractivity contribution is -0.857. The Morgan fingerprint density at radius 2 is 2.29 bits per heavy atom. The molecule has 2 atom stereocenters. The second-order valence-electron chi connectivity index (χ2n) is 4.63. The Hall–Kier alpha value is -0.940. The number of carbonyl (C=O) groups excluding carboxylic acids is 1. The minimum absolute atomic E-state index is 0.0299. The third-order valence-corrected chi connectivity index (χ3v) is 4.24. The van der Waals surface area contributed by atoms with Gasteiger partial charge in [0.05, 0.1) is 38.7 Å². The predicted octanol–water partition coefficient (Wildman–Crippen LogP) is 0.387. The molecule has 1 fully saturated rings. The summed E-state index contributed by atoms with van der Waals surface area (Å²) in [6.07, 6.45) is 1.67. The molecule has 2 rings (SSSR count). The van der Waals surface area contributed by atoms with E-state index in [0.29, 0.717) is 0 Å². The first-order valence-corrected chi connectivity index (χ1v) is 6.82. The first-order chi connectivity index (χ1) is 8.09. The quantitative estimate of drug-likeness (QED) is 0.845. The van der Waals surface area contributed by atoms with Gasteiger partial charge in [-0.25, -0.2) is 0 Å². The monoisotopic (exact) mass is 255 g/mol. The summed E-state index contributed by atoms with van der Waals surface area (Å²) in [4.78, 5) is 15.4. The number of hydrogen-bond donors (Lipinski definition) is 1. The van der Waals surface area contributed by atoms with Crippen LogP contribution in [0.1, 0.15) is 18.1 Å². The number of furan rings is 1. The molecule has 0 aromatic carbocycles. The fourth-order valence-electron chi connectivity index (χ4n) is 1.90. The van der Waals surface area contributed by atoms with Crippen molar-refractivity contribution in [1.82, 2.24) is 4.90 Å². The summed E-state index contributed by atoms with van der Waals surface area (Å²) in [7, 11) is 4.19. The molecule has 1 amide bonds. The van der Waals surface area contributed by atoms with Crippen LogP contribution in [0.2, 0.25) is 0 Å². The average Bonchev–Trinajstić information content (AvgIpc) is 2.87. The topological polar surface area (TPSA) is 37.9 Å². The van der Waals surface area contributed by atoms with E-state index in [-0.39, 0.29) is 16.5 Å². The molecule has 0 aliphatic carbocycles. The van der Waals surface area contributed by atoms with Gasteiger partial charge in [0.15, 0.2) is 0 Å². The largest absolute Gasteiger partial charge is 0.466 e. The van der Waals surface area contributed by atoms with Crippen LogP contribution in [0.15, 0.2) is 22.8 Å². The number of rotatable bonds is 4. The molecule has 17 heavy (non-hydrogen) atoms. The summed E-state index contributed by atoms with van der Waals surface area (Å²) >= 11 is 1.66. The Morgan fingerprint density at radius 3 is 2.88 bits per heavy atom. The van der Waals surface area contributed by atoms with Gasteiger partial charge in [0.25, 0.3) is 0 Å². The Kier molecular flexibility index (Phi) is 3.79. The van der Waals surface area contributed by atoms with Gasteiger partial charge in [-0.15, -0.1) is 11.8 Å². The number of likely N-dealkylation sites (N-methyl/N-ethyl adjacent to an activating group) is 1. The van der Waals surface area contributed by atoms with E-state index >= 15 is 0 Å². The van der Waals surface area contributed by atoms with Crippen LogP contribution in [-0.2, 0) is 4.79 Å². The van der Waals surface area contributed by atoms with Crippen LogP contribution in [0.5, 0.6) is 0 Å². The molecule has 0 bridgehead atoms. The zero-order valence-electron chi connectivity index (χ0n) is 10.5. The molecule has 1 N–H and O–H groups in total. The lowest BCUT2D eigenvalue weighted by atomic mass is 10.3. The van der Waals surface area contributed by atoms with Crippen molar-refractivity contribution in [3.8, 4) is 0 Å². The average molecular weight is 255 g/mol. The van der Waals surface area contributed by atoms with Crippen LogP contribution in [-0.4, -0.2) is 43.2 Å². The van der Waals surface area contributed by atoms with Crippen molar-refractivity contribution in [1.29, 1.82) is 0 Å². The van der Waals surface area contributed by atoms with Gasteiger partial charge in [0.1, 0.15) is 11.1 Å². The van der Waals surface area contributed by atoms with Gasteiger partial charge in [-0.3, -0.25) is 4.79 Å². The fraction of sp³-hybridized carbons (Fsp3) is 0.583. The van der Waals surface area contributed by atoms with Gasteiger partial charge in [-0.05, 0) is 19.1 Å².